The number of hydrogen-bond acceptors (Lipinski definition) is 4. The van der Waals surface area contributed by atoms with Gasteiger partial charge in [0.2, 0.25) is 11.8 Å². The standard InChI is InChI=1S/C13H17N3O3/c1-15-11-7-9(19-2)3-4-10(11)16(13(18)8-14)6-5-12(15)17/h3-4,7H,5-6,8,14H2,1-2H3. The highest BCUT2D eigenvalue weighted by Crippen LogP contribution is 2.35. The Morgan fingerprint density at radius 2 is 2.16 bits per heavy atom. The smallest absolute Gasteiger partial charge is 0.240 e. The molecule has 0 saturated carbocycles. The van der Waals surface area contributed by atoms with E-state index in [4.69, 9.17) is 10.5 Å². The maximum absolute atomic E-state index is 11.9. The summed E-state index contributed by atoms with van der Waals surface area (Å²) in [5.74, 6) is 0.400. The largest absolute Gasteiger partial charge is 0.497 e. The lowest BCUT2D eigenvalue weighted by molar-refractivity contribution is -0.118. The first-order chi connectivity index (χ1) is 9.08. The molecular weight excluding hydrogens is 246 g/mol. The molecule has 1 aromatic carbocycles. The first kappa shape index (κ1) is 13.4. The number of carbonyl (C=O) groups is 2. The average molecular weight is 263 g/mol. The SMILES string of the molecule is COc1ccc2c(c1)N(C)C(=O)CCN2C(=O)CN. The van der Waals surface area contributed by atoms with Gasteiger partial charge in [0.05, 0.1) is 25.0 Å². The maximum Gasteiger partial charge on any atom is 0.240 e. The molecule has 0 spiro atoms. The van der Waals surface area contributed by atoms with Gasteiger partial charge in [-0.05, 0) is 12.1 Å². The zero-order valence-corrected chi connectivity index (χ0v) is 11.0. The second kappa shape index (κ2) is 5.27. The molecule has 0 saturated heterocycles. The van der Waals surface area contributed by atoms with Gasteiger partial charge in [0.25, 0.3) is 0 Å². The van der Waals surface area contributed by atoms with Gasteiger partial charge in [-0.2, -0.15) is 0 Å². The van der Waals surface area contributed by atoms with Gasteiger partial charge in [0, 0.05) is 26.1 Å². The van der Waals surface area contributed by atoms with Gasteiger partial charge < -0.3 is 20.3 Å². The van der Waals surface area contributed by atoms with E-state index in [1.54, 1.807) is 42.2 Å². The number of fused-ring (bicyclic) bond motifs is 1. The number of anilines is 2. The highest BCUT2D eigenvalue weighted by molar-refractivity contribution is 6.05. The molecule has 6 nitrogen and oxygen atoms in total. The van der Waals surface area contributed by atoms with Crippen LogP contribution in [0.1, 0.15) is 6.42 Å². The maximum atomic E-state index is 11.9. The molecule has 0 unspecified atom stereocenters. The lowest BCUT2D eigenvalue weighted by Crippen LogP contribution is -2.36. The minimum absolute atomic E-state index is 0.0400. The van der Waals surface area contributed by atoms with Crippen molar-refractivity contribution in [2.45, 2.75) is 6.42 Å². The molecule has 19 heavy (non-hydrogen) atoms. The van der Waals surface area contributed by atoms with Crippen molar-refractivity contribution in [1.29, 1.82) is 0 Å². The number of nitrogens with two attached hydrogens (primary N) is 1. The first-order valence-corrected chi connectivity index (χ1v) is 6.03. The predicted molar refractivity (Wildman–Crippen MR) is 72.4 cm³/mol. The molecule has 1 heterocycles. The Bertz CT molecular complexity index is 516. The predicted octanol–water partition coefficient (Wildman–Crippen LogP) is 0.353. The van der Waals surface area contributed by atoms with Crippen molar-refractivity contribution in [3.05, 3.63) is 18.2 Å². The molecule has 6 heteroatoms. The Balaban J connectivity index is 2.53. The zero-order valence-electron chi connectivity index (χ0n) is 11.0. The van der Waals surface area contributed by atoms with Crippen molar-refractivity contribution in [3.8, 4) is 5.75 Å². The third-order valence-electron chi connectivity index (χ3n) is 3.23. The third-order valence-corrected chi connectivity index (χ3v) is 3.23. The van der Waals surface area contributed by atoms with Gasteiger partial charge in [-0.15, -0.1) is 0 Å². The van der Waals surface area contributed by atoms with Crippen molar-refractivity contribution < 1.29 is 14.3 Å². The Morgan fingerprint density at radius 1 is 1.42 bits per heavy atom. The highest BCUT2D eigenvalue weighted by Gasteiger charge is 2.27. The van der Waals surface area contributed by atoms with E-state index >= 15 is 0 Å². The van der Waals surface area contributed by atoms with Gasteiger partial charge in [-0.25, -0.2) is 0 Å². The summed E-state index contributed by atoms with van der Waals surface area (Å²) in [6.07, 6.45) is 0.277. The summed E-state index contributed by atoms with van der Waals surface area (Å²) in [4.78, 5) is 26.9. The second-order valence-electron chi connectivity index (χ2n) is 4.31. The monoisotopic (exact) mass is 263 g/mol. The summed E-state index contributed by atoms with van der Waals surface area (Å²) < 4.78 is 5.16. The van der Waals surface area contributed by atoms with E-state index in [1.807, 2.05) is 0 Å². The minimum atomic E-state index is -0.200. The van der Waals surface area contributed by atoms with Crippen LogP contribution in [0.3, 0.4) is 0 Å². The van der Waals surface area contributed by atoms with Gasteiger partial charge in [0.15, 0.2) is 0 Å². The van der Waals surface area contributed by atoms with Crippen LogP contribution < -0.4 is 20.3 Å². The Labute approximate surface area is 111 Å². The normalized spacial score (nSPS) is 15.0. The molecule has 0 atom stereocenters. The fourth-order valence-corrected chi connectivity index (χ4v) is 2.13. The molecule has 2 rings (SSSR count). The average Bonchev–Trinajstić information content (AvgIpc) is 2.56. The number of methoxy groups -OCH3 is 1. The zero-order chi connectivity index (χ0) is 14.0. The van der Waals surface area contributed by atoms with Gasteiger partial charge in [-0.3, -0.25) is 9.59 Å². The molecule has 2 N–H and O–H groups in total. The van der Waals surface area contributed by atoms with E-state index in [0.29, 0.717) is 23.7 Å². The number of amides is 2. The van der Waals surface area contributed by atoms with E-state index in [-0.39, 0.29) is 24.8 Å². The molecule has 102 valence electrons. The quantitative estimate of drug-likeness (QED) is 0.835. The van der Waals surface area contributed by atoms with Crippen LogP contribution in [0.5, 0.6) is 5.75 Å². The topological polar surface area (TPSA) is 75.9 Å². The summed E-state index contributed by atoms with van der Waals surface area (Å²) in [5, 5.41) is 0. The van der Waals surface area contributed by atoms with Crippen molar-refractivity contribution >= 4 is 23.2 Å². The fraction of sp³-hybridized carbons (Fsp3) is 0.385. The molecule has 1 aromatic rings. The minimum Gasteiger partial charge on any atom is -0.497 e. The Morgan fingerprint density at radius 3 is 2.79 bits per heavy atom. The van der Waals surface area contributed by atoms with Crippen molar-refractivity contribution in [1.82, 2.24) is 0 Å². The second-order valence-corrected chi connectivity index (χ2v) is 4.31. The molecule has 1 aliphatic heterocycles. The van der Waals surface area contributed by atoms with Crippen LogP contribution in [0.25, 0.3) is 0 Å². The molecule has 0 aliphatic carbocycles. The lowest BCUT2D eigenvalue weighted by Gasteiger charge is -2.23. The van der Waals surface area contributed by atoms with Crippen LogP contribution >= 0.6 is 0 Å². The fourth-order valence-electron chi connectivity index (χ4n) is 2.13. The lowest BCUT2D eigenvalue weighted by atomic mass is 10.2. The number of rotatable bonds is 2. The number of carbonyl (C=O) groups excluding carboxylic acids is 2. The molecule has 0 aromatic heterocycles. The van der Waals surface area contributed by atoms with Crippen LogP contribution in [0.15, 0.2) is 18.2 Å². The van der Waals surface area contributed by atoms with E-state index in [0.717, 1.165) is 0 Å². The van der Waals surface area contributed by atoms with E-state index < -0.39 is 0 Å². The van der Waals surface area contributed by atoms with Gasteiger partial charge >= 0.3 is 0 Å². The summed E-state index contributed by atoms with van der Waals surface area (Å²) in [7, 11) is 3.25. The number of ether oxygens (including phenoxy) is 1. The van der Waals surface area contributed by atoms with Gasteiger partial charge in [-0.1, -0.05) is 0 Å². The number of benzene rings is 1. The van der Waals surface area contributed by atoms with E-state index in [9.17, 15) is 9.59 Å². The van der Waals surface area contributed by atoms with Crippen molar-refractivity contribution in [2.24, 2.45) is 5.73 Å². The third kappa shape index (κ3) is 2.39. The van der Waals surface area contributed by atoms with Gasteiger partial charge in [0.1, 0.15) is 5.75 Å². The number of nitrogens with zero attached hydrogens (tertiary/aromatic N) is 2. The number of hydrogen-bond donors (Lipinski definition) is 1. The van der Waals surface area contributed by atoms with Crippen LogP contribution in [0.2, 0.25) is 0 Å². The summed E-state index contributed by atoms with van der Waals surface area (Å²) in [6, 6.07) is 5.28. The van der Waals surface area contributed by atoms with Crippen molar-refractivity contribution in [2.75, 3.05) is 37.0 Å². The molecule has 0 bridgehead atoms. The molecular formula is C13H17N3O3. The summed E-state index contributed by atoms with van der Waals surface area (Å²) in [5.41, 5.74) is 6.76. The Kier molecular flexibility index (Phi) is 3.71. The van der Waals surface area contributed by atoms with E-state index in [1.165, 1.54) is 0 Å². The van der Waals surface area contributed by atoms with Crippen LogP contribution in [0.4, 0.5) is 11.4 Å². The van der Waals surface area contributed by atoms with Crippen molar-refractivity contribution in [3.63, 3.8) is 0 Å². The van der Waals surface area contributed by atoms with E-state index in [2.05, 4.69) is 0 Å². The van der Waals surface area contributed by atoms with Crippen LogP contribution in [-0.2, 0) is 9.59 Å². The molecule has 1 aliphatic rings. The highest BCUT2D eigenvalue weighted by atomic mass is 16.5. The molecule has 0 radical (unpaired) electrons. The van der Waals surface area contributed by atoms with Crippen LogP contribution in [0, 0.1) is 0 Å². The first-order valence-electron chi connectivity index (χ1n) is 6.03. The summed E-state index contributed by atoms with van der Waals surface area (Å²) in [6.45, 7) is 0.266. The molecule has 2 amide bonds. The Hall–Kier alpha value is -2.08. The summed E-state index contributed by atoms with van der Waals surface area (Å²) >= 11 is 0. The van der Waals surface area contributed by atoms with Crippen LogP contribution in [-0.4, -0.2) is 39.1 Å². The molecule has 0 fully saturated rings.